The lowest BCUT2D eigenvalue weighted by atomic mass is 9.87. The Hall–Kier alpha value is -0.950. The quantitative estimate of drug-likeness (QED) is 0.770. The number of ether oxygens (including phenoxy) is 1. The molecule has 2 fully saturated rings. The first-order chi connectivity index (χ1) is 12.8. The van der Waals surface area contributed by atoms with Crippen molar-refractivity contribution >= 4 is 10.0 Å². The highest BCUT2D eigenvalue weighted by Gasteiger charge is 2.29. The van der Waals surface area contributed by atoms with Crippen LogP contribution in [0.3, 0.4) is 0 Å². The van der Waals surface area contributed by atoms with Gasteiger partial charge in [-0.05, 0) is 54.8 Å². The number of rotatable bonds is 5. The van der Waals surface area contributed by atoms with Crippen LogP contribution in [0.5, 0.6) is 0 Å². The van der Waals surface area contributed by atoms with Gasteiger partial charge in [-0.15, -0.1) is 0 Å². The molecule has 0 radical (unpaired) electrons. The topological polar surface area (TPSA) is 49.9 Å². The molecule has 1 aromatic rings. The Balaban J connectivity index is 1.53. The van der Waals surface area contributed by atoms with E-state index in [1.54, 1.807) is 16.4 Å². The molecule has 0 bridgehead atoms. The Morgan fingerprint density at radius 1 is 1.00 bits per heavy atom. The highest BCUT2D eigenvalue weighted by atomic mass is 32.2. The molecule has 3 rings (SSSR count). The Bertz CT molecular complexity index is 696. The summed E-state index contributed by atoms with van der Waals surface area (Å²) in [5.74, 6) is 0.627. The Kier molecular flexibility index (Phi) is 6.62. The summed E-state index contributed by atoms with van der Waals surface area (Å²) in [6, 6.07) is 7.42. The van der Waals surface area contributed by atoms with Crippen molar-refractivity contribution in [2.24, 2.45) is 5.92 Å². The van der Waals surface area contributed by atoms with Gasteiger partial charge in [-0.25, -0.2) is 8.42 Å². The number of piperidine rings is 1. The molecule has 0 amide bonds. The van der Waals surface area contributed by atoms with Crippen LogP contribution in [0, 0.1) is 5.92 Å². The molecule has 2 heterocycles. The van der Waals surface area contributed by atoms with Crippen molar-refractivity contribution in [3.05, 3.63) is 29.8 Å². The van der Waals surface area contributed by atoms with Gasteiger partial charge in [-0.3, -0.25) is 4.90 Å². The maximum atomic E-state index is 13.0. The minimum absolute atomic E-state index is 0.0289. The second-order valence-corrected chi connectivity index (χ2v) is 10.8. The first kappa shape index (κ1) is 20.8. The maximum Gasteiger partial charge on any atom is 0.243 e. The van der Waals surface area contributed by atoms with Crippen molar-refractivity contribution in [2.45, 2.75) is 50.3 Å². The van der Waals surface area contributed by atoms with Crippen LogP contribution in [-0.4, -0.2) is 63.6 Å². The number of morpholine rings is 1. The van der Waals surface area contributed by atoms with E-state index in [1.807, 2.05) is 12.1 Å². The minimum Gasteiger partial charge on any atom is -0.379 e. The summed E-state index contributed by atoms with van der Waals surface area (Å²) < 4.78 is 33.0. The standard InChI is InChI=1S/C21H34N2O3S/c1-21(2,3)19-4-6-20(7-5-19)27(24,25)23-12-9-18(10-13-23)8-11-22-14-16-26-17-15-22/h4-7,18H,8-17H2,1-3H3. The normalized spacial score (nSPS) is 21.4. The van der Waals surface area contributed by atoms with E-state index in [9.17, 15) is 8.42 Å². The largest absolute Gasteiger partial charge is 0.379 e. The lowest BCUT2D eigenvalue weighted by molar-refractivity contribution is 0.0343. The number of sulfonamides is 1. The summed E-state index contributed by atoms with van der Waals surface area (Å²) in [7, 11) is -3.38. The second kappa shape index (κ2) is 8.60. The second-order valence-electron chi connectivity index (χ2n) is 8.86. The van der Waals surface area contributed by atoms with Gasteiger partial charge in [0, 0.05) is 26.2 Å². The molecule has 2 aliphatic rings. The predicted octanol–water partition coefficient (Wildman–Crippen LogP) is 3.11. The van der Waals surface area contributed by atoms with Gasteiger partial charge in [0.2, 0.25) is 10.0 Å². The van der Waals surface area contributed by atoms with Crippen LogP contribution >= 0.6 is 0 Å². The van der Waals surface area contributed by atoms with Crippen LogP contribution < -0.4 is 0 Å². The van der Waals surface area contributed by atoms with Crippen molar-refractivity contribution in [1.82, 2.24) is 9.21 Å². The molecule has 0 N–H and O–H groups in total. The van der Waals surface area contributed by atoms with E-state index in [4.69, 9.17) is 4.74 Å². The molecule has 5 nitrogen and oxygen atoms in total. The molecule has 6 heteroatoms. The number of hydrogen-bond acceptors (Lipinski definition) is 4. The van der Waals surface area contributed by atoms with E-state index in [0.717, 1.165) is 57.7 Å². The summed E-state index contributed by atoms with van der Waals surface area (Å²) in [5, 5.41) is 0. The van der Waals surface area contributed by atoms with Gasteiger partial charge >= 0.3 is 0 Å². The third kappa shape index (κ3) is 5.31. The zero-order chi connectivity index (χ0) is 19.5. The Morgan fingerprint density at radius 3 is 2.15 bits per heavy atom. The Morgan fingerprint density at radius 2 is 1.59 bits per heavy atom. The van der Waals surface area contributed by atoms with E-state index >= 15 is 0 Å². The van der Waals surface area contributed by atoms with Gasteiger partial charge in [0.15, 0.2) is 0 Å². The predicted molar refractivity (Wildman–Crippen MR) is 109 cm³/mol. The number of benzene rings is 1. The van der Waals surface area contributed by atoms with Crippen LogP contribution in [0.1, 0.15) is 45.6 Å². The van der Waals surface area contributed by atoms with E-state index < -0.39 is 10.0 Å². The van der Waals surface area contributed by atoms with E-state index in [1.165, 1.54) is 0 Å². The van der Waals surface area contributed by atoms with Crippen LogP contribution in [0.25, 0.3) is 0 Å². The summed E-state index contributed by atoms with van der Waals surface area (Å²) in [5.41, 5.74) is 1.18. The molecule has 1 aromatic carbocycles. The average molecular weight is 395 g/mol. The van der Waals surface area contributed by atoms with Crippen LogP contribution in [-0.2, 0) is 20.2 Å². The maximum absolute atomic E-state index is 13.0. The highest BCUT2D eigenvalue weighted by molar-refractivity contribution is 7.89. The summed E-state index contributed by atoms with van der Waals surface area (Å²) in [6.45, 7) is 12.5. The molecule has 0 aliphatic carbocycles. The van der Waals surface area contributed by atoms with Gasteiger partial charge in [-0.1, -0.05) is 32.9 Å². The molecular weight excluding hydrogens is 360 g/mol. The smallest absolute Gasteiger partial charge is 0.243 e. The highest BCUT2D eigenvalue weighted by Crippen LogP contribution is 2.28. The van der Waals surface area contributed by atoms with Gasteiger partial charge in [0.05, 0.1) is 18.1 Å². The van der Waals surface area contributed by atoms with Crippen LogP contribution in [0.2, 0.25) is 0 Å². The van der Waals surface area contributed by atoms with Gasteiger partial charge < -0.3 is 4.74 Å². The molecule has 27 heavy (non-hydrogen) atoms. The van der Waals surface area contributed by atoms with Crippen molar-refractivity contribution in [3.8, 4) is 0 Å². The van der Waals surface area contributed by atoms with E-state index in [2.05, 4.69) is 25.7 Å². The molecule has 0 atom stereocenters. The van der Waals surface area contributed by atoms with Crippen molar-refractivity contribution in [2.75, 3.05) is 45.9 Å². The Labute approximate surface area is 164 Å². The summed E-state index contributed by atoms with van der Waals surface area (Å²) in [6.07, 6.45) is 3.08. The van der Waals surface area contributed by atoms with Crippen LogP contribution in [0.15, 0.2) is 29.2 Å². The summed E-state index contributed by atoms with van der Waals surface area (Å²) >= 11 is 0. The number of hydrogen-bond donors (Lipinski definition) is 0. The molecule has 2 saturated heterocycles. The van der Waals surface area contributed by atoms with Crippen molar-refractivity contribution in [3.63, 3.8) is 0 Å². The van der Waals surface area contributed by atoms with Gasteiger partial charge in [0.1, 0.15) is 0 Å². The zero-order valence-electron chi connectivity index (χ0n) is 17.0. The molecule has 0 aromatic heterocycles. The van der Waals surface area contributed by atoms with Crippen molar-refractivity contribution in [1.29, 1.82) is 0 Å². The third-order valence-corrected chi connectivity index (χ3v) is 7.80. The molecule has 2 aliphatic heterocycles. The lowest BCUT2D eigenvalue weighted by Crippen LogP contribution is -2.40. The molecule has 0 spiro atoms. The monoisotopic (exact) mass is 394 g/mol. The van der Waals surface area contributed by atoms with Gasteiger partial charge in [0.25, 0.3) is 0 Å². The average Bonchev–Trinajstić information content (AvgIpc) is 2.67. The zero-order valence-corrected chi connectivity index (χ0v) is 17.8. The molecular formula is C21H34N2O3S. The van der Waals surface area contributed by atoms with Crippen molar-refractivity contribution < 1.29 is 13.2 Å². The first-order valence-corrected chi connectivity index (χ1v) is 11.6. The summed E-state index contributed by atoms with van der Waals surface area (Å²) in [4.78, 5) is 2.88. The molecule has 0 saturated carbocycles. The fraction of sp³-hybridized carbons (Fsp3) is 0.714. The van der Waals surface area contributed by atoms with E-state index in [0.29, 0.717) is 23.9 Å². The fourth-order valence-electron chi connectivity index (χ4n) is 3.90. The molecule has 152 valence electrons. The third-order valence-electron chi connectivity index (χ3n) is 5.89. The lowest BCUT2D eigenvalue weighted by Gasteiger charge is -2.33. The van der Waals surface area contributed by atoms with Crippen LogP contribution in [0.4, 0.5) is 0 Å². The molecule has 0 unspecified atom stereocenters. The minimum atomic E-state index is -3.38. The first-order valence-electron chi connectivity index (χ1n) is 10.2. The van der Waals surface area contributed by atoms with E-state index in [-0.39, 0.29) is 5.41 Å². The van der Waals surface area contributed by atoms with Gasteiger partial charge in [-0.2, -0.15) is 4.31 Å². The number of nitrogens with zero attached hydrogens (tertiary/aromatic N) is 2. The SMILES string of the molecule is CC(C)(C)c1ccc(S(=O)(=O)N2CCC(CCN3CCOCC3)CC2)cc1. The fourth-order valence-corrected chi connectivity index (χ4v) is 5.37.